The van der Waals surface area contributed by atoms with Gasteiger partial charge in [-0.2, -0.15) is 18.3 Å². The molecule has 0 aliphatic carbocycles. The summed E-state index contributed by atoms with van der Waals surface area (Å²) < 4.78 is 46.2. The van der Waals surface area contributed by atoms with Gasteiger partial charge in [0.2, 0.25) is 0 Å². The maximum Gasteiger partial charge on any atom is 0.410 e. The molecule has 5 nitrogen and oxygen atoms in total. The molecule has 2 aromatic rings. The Labute approximate surface area is 146 Å². The molecular weight excluding hydrogens is 359 g/mol. The van der Waals surface area contributed by atoms with E-state index in [2.05, 4.69) is 10.4 Å². The van der Waals surface area contributed by atoms with Gasteiger partial charge in [-0.25, -0.2) is 9.48 Å². The zero-order valence-electron chi connectivity index (χ0n) is 13.2. The molecule has 1 N–H and O–H groups in total. The summed E-state index contributed by atoms with van der Waals surface area (Å²) >= 11 is 5.95. The predicted molar refractivity (Wildman–Crippen MR) is 85.7 cm³/mol. The summed E-state index contributed by atoms with van der Waals surface area (Å²) in [6, 6.07) is 4.08. The minimum absolute atomic E-state index is 0.00278. The third-order valence-electron chi connectivity index (χ3n) is 3.98. The second kappa shape index (κ2) is 6.59. The maximum absolute atomic E-state index is 13.5. The molecule has 9 heteroatoms. The van der Waals surface area contributed by atoms with E-state index in [4.69, 9.17) is 16.3 Å². The molecule has 2 atom stereocenters. The van der Waals surface area contributed by atoms with E-state index >= 15 is 0 Å². The van der Waals surface area contributed by atoms with Crippen molar-refractivity contribution in [3.63, 3.8) is 0 Å². The Morgan fingerprint density at radius 2 is 2.24 bits per heavy atom. The number of nitrogens with zero attached hydrogens (tertiary/aromatic N) is 2. The monoisotopic (exact) mass is 373 g/mol. The van der Waals surface area contributed by atoms with Crippen LogP contribution < -0.4 is 5.32 Å². The summed E-state index contributed by atoms with van der Waals surface area (Å²) in [7, 11) is 0. The van der Waals surface area contributed by atoms with Crippen LogP contribution in [-0.4, -0.2) is 28.5 Å². The Hall–Kier alpha value is -2.22. The highest BCUT2D eigenvalue weighted by molar-refractivity contribution is 6.30. The van der Waals surface area contributed by atoms with Gasteiger partial charge in [0, 0.05) is 11.4 Å². The van der Waals surface area contributed by atoms with Crippen LogP contribution in [0.15, 0.2) is 30.5 Å². The van der Waals surface area contributed by atoms with Crippen LogP contribution in [0.25, 0.3) is 0 Å². The van der Waals surface area contributed by atoms with E-state index in [9.17, 15) is 18.0 Å². The summed E-state index contributed by atoms with van der Waals surface area (Å²) in [5, 5.41) is 7.16. The van der Waals surface area contributed by atoms with Crippen molar-refractivity contribution in [2.24, 2.45) is 0 Å². The number of hydrogen-bond donors (Lipinski definition) is 1. The van der Waals surface area contributed by atoms with Crippen molar-refractivity contribution in [1.82, 2.24) is 9.78 Å². The Bertz CT molecular complexity index is 791. The number of benzene rings is 1. The lowest BCUT2D eigenvalue weighted by Crippen LogP contribution is -2.36. The first-order valence-corrected chi connectivity index (χ1v) is 8.02. The number of halogens is 4. The number of carbonyl (C=O) groups is 1. The molecule has 2 heterocycles. The molecule has 0 saturated heterocycles. The highest BCUT2D eigenvalue weighted by atomic mass is 35.5. The van der Waals surface area contributed by atoms with Crippen molar-refractivity contribution < 1.29 is 22.7 Å². The van der Waals surface area contributed by atoms with Crippen molar-refractivity contribution in [2.45, 2.75) is 31.6 Å². The predicted octanol–water partition coefficient (Wildman–Crippen LogP) is 4.37. The van der Waals surface area contributed by atoms with Crippen molar-refractivity contribution in [3.8, 4) is 0 Å². The van der Waals surface area contributed by atoms with Gasteiger partial charge in [0.25, 0.3) is 0 Å². The van der Waals surface area contributed by atoms with E-state index in [1.807, 2.05) is 0 Å². The molecule has 2 unspecified atom stereocenters. The molecule has 3 rings (SSSR count). The van der Waals surface area contributed by atoms with Crippen LogP contribution in [0.1, 0.15) is 41.3 Å². The molecule has 134 valence electrons. The van der Waals surface area contributed by atoms with E-state index in [1.54, 1.807) is 31.2 Å². The van der Waals surface area contributed by atoms with E-state index in [0.717, 1.165) is 10.9 Å². The summed E-state index contributed by atoms with van der Waals surface area (Å²) in [6.07, 6.45) is -3.67. The Morgan fingerprint density at radius 3 is 2.88 bits per heavy atom. The average molecular weight is 374 g/mol. The first-order chi connectivity index (χ1) is 11.8. The molecule has 0 amide bonds. The Morgan fingerprint density at radius 1 is 1.48 bits per heavy atom. The number of rotatable bonds is 3. The van der Waals surface area contributed by atoms with E-state index < -0.39 is 24.2 Å². The summed E-state index contributed by atoms with van der Waals surface area (Å²) in [5.74, 6) is -0.721. The first kappa shape index (κ1) is 17.6. The van der Waals surface area contributed by atoms with E-state index in [1.165, 1.54) is 0 Å². The third-order valence-corrected chi connectivity index (χ3v) is 4.22. The highest BCUT2D eigenvalue weighted by Crippen LogP contribution is 2.44. The number of hydrogen-bond acceptors (Lipinski definition) is 4. The van der Waals surface area contributed by atoms with Crippen LogP contribution in [0, 0.1) is 0 Å². The standard InChI is InChI=1S/C16H15ClF3N3O2/c1-2-25-15(24)11-8-21-23-13(16(18,19)20)7-12(22-14(11)23)9-4-3-5-10(17)6-9/h3-6,8,12-13,22H,2,7H2,1H3. The van der Waals surface area contributed by atoms with Crippen molar-refractivity contribution in [3.05, 3.63) is 46.6 Å². The Balaban J connectivity index is 2.04. The Kier molecular flexibility index (Phi) is 4.64. The van der Waals surface area contributed by atoms with Gasteiger partial charge >= 0.3 is 12.1 Å². The van der Waals surface area contributed by atoms with Gasteiger partial charge in [-0.3, -0.25) is 0 Å². The third kappa shape index (κ3) is 3.44. The molecule has 1 aliphatic rings. The van der Waals surface area contributed by atoms with Gasteiger partial charge in [0.05, 0.1) is 18.8 Å². The number of ether oxygens (including phenoxy) is 1. The van der Waals surface area contributed by atoms with Crippen LogP contribution in [0.5, 0.6) is 0 Å². The number of anilines is 1. The fourth-order valence-electron chi connectivity index (χ4n) is 2.86. The summed E-state index contributed by atoms with van der Waals surface area (Å²) in [4.78, 5) is 12.0. The number of nitrogens with one attached hydrogen (secondary N) is 1. The minimum Gasteiger partial charge on any atom is -0.462 e. The molecule has 25 heavy (non-hydrogen) atoms. The van der Waals surface area contributed by atoms with Crippen molar-refractivity contribution >= 4 is 23.4 Å². The van der Waals surface area contributed by atoms with Gasteiger partial charge in [-0.1, -0.05) is 23.7 Å². The molecular formula is C16H15ClF3N3O2. The fraction of sp³-hybridized carbons (Fsp3) is 0.375. The molecule has 0 fully saturated rings. The smallest absolute Gasteiger partial charge is 0.410 e. The largest absolute Gasteiger partial charge is 0.462 e. The van der Waals surface area contributed by atoms with Crippen LogP contribution in [0.3, 0.4) is 0 Å². The van der Waals surface area contributed by atoms with Gasteiger partial charge in [-0.15, -0.1) is 0 Å². The number of fused-ring (bicyclic) bond motifs is 1. The van der Waals surface area contributed by atoms with Crippen molar-refractivity contribution in [2.75, 3.05) is 11.9 Å². The molecule has 0 spiro atoms. The zero-order chi connectivity index (χ0) is 18.2. The molecule has 1 aromatic carbocycles. The van der Waals surface area contributed by atoms with E-state index in [0.29, 0.717) is 10.6 Å². The molecule has 0 radical (unpaired) electrons. The lowest BCUT2D eigenvalue weighted by Gasteiger charge is -2.34. The topological polar surface area (TPSA) is 56.1 Å². The SMILES string of the molecule is CCOC(=O)c1cnn2c1NC(c1cccc(Cl)c1)CC2C(F)(F)F. The van der Waals surface area contributed by atoms with Crippen LogP contribution in [0.4, 0.5) is 19.0 Å². The zero-order valence-corrected chi connectivity index (χ0v) is 13.9. The van der Waals surface area contributed by atoms with Gasteiger partial charge < -0.3 is 10.1 Å². The van der Waals surface area contributed by atoms with Gasteiger partial charge in [0.15, 0.2) is 6.04 Å². The van der Waals surface area contributed by atoms with Crippen molar-refractivity contribution in [1.29, 1.82) is 0 Å². The lowest BCUT2D eigenvalue weighted by molar-refractivity contribution is -0.173. The number of carbonyl (C=O) groups excluding carboxylic acids is 1. The normalized spacial score (nSPS) is 19.9. The summed E-state index contributed by atoms with van der Waals surface area (Å²) in [5.41, 5.74) is 0.576. The maximum atomic E-state index is 13.5. The minimum atomic E-state index is -4.51. The lowest BCUT2D eigenvalue weighted by atomic mass is 9.96. The molecule has 0 saturated carbocycles. The molecule has 1 aliphatic heterocycles. The van der Waals surface area contributed by atoms with Crippen LogP contribution in [0.2, 0.25) is 5.02 Å². The van der Waals surface area contributed by atoms with Crippen LogP contribution >= 0.6 is 11.6 Å². The number of aromatic nitrogens is 2. The van der Waals surface area contributed by atoms with Crippen LogP contribution in [-0.2, 0) is 4.74 Å². The van der Waals surface area contributed by atoms with Gasteiger partial charge in [-0.05, 0) is 24.6 Å². The molecule has 1 aromatic heterocycles. The number of esters is 1. The fourth-order valence-corrected chi connectivity index (χ4v) is 3.06. The highest BCUT2D eigenvalue weighted by Gasteiger charge is 2.47. The first-order valence-electron chi connectivity index (χ1n) is 7.64. The number of alkyl halides is 3. The summed E-state index contributed by atoms with van der Waals surface area (Å²) in [6.45, 7) is 1.73. The average Bonchev–Trinajstić information content (AvgIpc) is 2.97. The molecule has 0 bridgehead atoms. The quantitative estimate of drug-likeness (QED) is 0.811. The van der Waals surface area contributed by atoms with E-state index in [-0.39, 0.29) is 24.4 Å². The second-order valence-electron chi connectivity index (χ2n) is 5.62. The second-order valence-corrected chi connectivity index (χ2v) is 6.05. The van der Waals surface area contributed by atoms with Gasteiger partial charge in [0.1, 0.15) is 11.4 Å².